The Morgan fingerprint density at radius 2 is 1.76 bits per heavy atom. The van der Waals surface area contributed by atoms with Crippen LogP contribution in [0.3, 0.4) is 0 Å². The van der Waals surface area contributed by atoms with Crippen molar-refractivity contribution in [3.63, 3.8) is 0 Å². The van der Waals surface area contributed by atoms with Crippen LogP contribution in [0.25, 0.3) is 0 Å². The van der Waals surface area contributed by atoms with Gasteiger partial charge in [-0.3, -0.25) is 9.59 Å². The summed E-state index contributed by atoms with van der Waals surface area (Å²) in [6.45, 7) is 0.350. The zero-order valence-electron chi connectivity index (χ0n) is 8.87. The molecule has 0 aromatic heterocycles. The number of benzene rings is 1. The zero-order chi connectivity index (χ0) is 12.8. The van der Waals surface area contributed by atoms with Gasteiger partial charge in [0.05, 0.1) is 0 Å². The summed E-state index contributed by atoms with van der Waals surface area (Å²) in [5, 5.41) is 11.9. The summed E-state index contributed by atoms with van der Waals surface area (Å²) in [5.74, 6) is -1.65. The third kappa shape index (κ3) is 5.56. The van der Waals surface area contributed by atoms with E-state index in [4.69, 9.17) is 28.3 Å². The molecule has 0 atom stereocenters. The number of hydrogen-bond donors (Lipinski definition) is 2. The van der Waals surface area contributed by atoms with Gasteiger partial charge in [-0.15, -0.1) is 0 Å². The highest BCUT2D eigenvalue weighted by atomic mass is 35.5. The predicted molar refractivity (Wildman–Crippen MR) is 65.4 cm³/mol. The highest BCUT2D eigenvalue weighted by Crippen LogP contribution is 2.19. The van der Waals surface area contributed by atoms with E-state index in [0.717, 1.165) is 5.56 Å². The fraction of sp³-hybridized carbons (Fsp3) is 0.273. The van der Waals surface area contributed by atoms with Gasteiger partial charge in [0.25, 0.3) is 0 Å². The van der Waals surface area contributed by atoms with Crippen LogP contribution in [0.2, 0.25) is 10.0 Å². The Labute approximate surface area is 109 Å². The van der Waals surface area contributed by atoms with E-state index in [-0.39, 0.29) is 0 Å². The van der Waals surface area contributed by atoms with E-state index in [2.05, 4.69) is 5.32 Å². The molecule has 6 heteroatoms. The minimum absolute atomic E-state index is 0.350. The molecule has 1 rings (SSSR count). The van der Waals surface area contributed by atoms with Crippen LogP contribution in [-0.4, -0.2) is 23.5 Å². The first-order valence-electron chi connectivity index (χ1n) is 4.91. The summed E-state index contributed by atoms with van der Waals surface area (Å²) in [7, 11) is 0. The molecule has 92 valence electrons. The normalized spacial score (nSPS) is 10.0. The topological polar surface area (TPSA) is 66.4 Å². The van der Waals surface area contributed by atoms with Crippen molar-refractivity contribution in [3.05, 3.63) is 33.8 Å². The Kier molecular flexibility index (Phi) is 5.25. The number of carboxylic acid groups (broad SMARTS) is 1. The molecule has 0 radical (unpaired) electrons. The number of carboxylic acids is 1. The maximum Gasteiger partial charge on any atom is 0.312 e. The number of halogens is 2. The number of rotatable bonds is 5. The lowest BCUT2D eigenvalue weighted by molar-refractivity contribution is -0.140. The van der Waals surface area contributed by atoms with Gasteiger partial charge in [-0.25, -0.2) is 0 Å². The van der Waals surface area contributed by atoms with Gasteiger partial charge in [0.2, 0.25) is 5.91 Å². The standard InChI is InChI=1S/C11H11Cl2NO3/c12-8-3-7(4-9(13)5-8)1-2-14-10(15)6-11(16)17/h3-5H,1-2,6H2,(H,14,15)(H,16,17). The Balaban J connectivity index is 2.40. The fourth-order valence-electron chi connectivity index (χ4n) is 1.30. The van der Waals surface area contributed by atoms with Gasteiger partial charge in [0, 0.05) is 16.6 Å². The first-order valence-corrected chi connectivity index (χ1v) is 5.66. The lowest BCUT2D eigenvalue weighted by Crippen LogP contribution is -2.27. The molecule has 0 aliphatic heterocycles. The molecule has 0 bridgehead atoms. The average Bonchev–Trinajstić information content (AvgIpc) is 2.14. The summed E-state index contributed by atoms with van der Waals surface area (Å²) in [5.41, 5.74) is 0.887. The van der Waals surface area contributed by atoms with E-state index >= 15 is 0 Å². The van der Waals surface area contributed by atoms with Crippen LogP contribution in [0, 0.1) is 0 Å². The summed E-state index contributed by atoms with van der Waals surface area (Å²) in [4.78, 5) is 21.3. The van der Waals surface area contributed by atoms with Gasteiger partial charge in [0.1, 0.15) is 6.42 Å². The maximum atomic E-state index is 11.0. The van der Waals surface area contributed by atoms with E-state index in [1.807, 2.05) is 0 Å². The molecule has 0 spiro atoms. The molecular formula is C11H11Cl2NO3. The lowest BCUT2D eigenvalue weighted by Gasteiger charge is -2.05. The summed E-state index contributed by atoms with van der Waals surface area (Å²) in [6.07, 6.45) is 0.0297. The molecule has 0 heterocycles. The van der Waals surface area contributed by atoms with Crippen LogP contribution in [0.5, 0.6) is 0 Å². The minimum Gasteiger partial charge on any atom is -0.481 e. The first-order chi connectivity index (χ1) is 7.97. The van der Waals surface area contributed by atoms with Crippen molar-refractivity contribution in [1.29, 1.82) is 0 Å². The van der Waals surface area contributed by atoms with Gasteiger partial charge < -0.3 is 10.4 Å². The number of amides is 1. The molecule has 17 heavy (non-hydrogen) atoms. The summed E-state index contributed by atoms with van der Waals surface area (Å²) in [6, 6.07) is 5.11. The molecule has 1 aromatic rings. The summed E-state index contributed by atoms with van der Waals surface area (Å²) >= 11 is 11.6. The van der Waals surface area contributed by atoms with Gasteiger partial charge >= 0.3 is 5.97 Å². The molecular weight excluding hydrogens is 265 g/mol. The zero-order valence-corrected chi connectivity index (χ0v) is 10.4. The Bertz CT molecular complexity index is 414. The molecule has 0 aliphatic carbocycles. The van der Waals surface area contributed by atoms with Crippen molar-refractivity contribution < 1.29 is 14.7 Å². The van der Waals surface area contributed by atoms with Crippen molar-refractivity contribution in [2.75, 3.05) is 6.54 Å². The third-order valence-corrected chi connectivity index (χ3v) is 2.41. The second kappa shape index (κ2) is 6.47. The quantitative estimate of drug-likeness (QED) is 0.809. The van der Waals surface area contributed by atoms with Gasteiger partial charge in [0.15, 0.2) is 0 Å². The molecule has 0 fully saturated rings. The number of aliphatic carboxylic acids is 1. The van der Waals surface area contributed by atoms with E-state index in [0.29, 0.717) is 23.0 Å². The average molecular weight is 276 g/mol. The third-order valence-electron chi connectivity index (χ3n) is 1.97. The monoisotopic (exact) mass is 275 g/mol. The van der Waals surface area contributed by atoms with Crippen LogP contribution in [-0.2, 0) is 16.0 Å². The molecule has 0 aliphatic rings. The van der Waals surface area contributed by atoms with Crippen LogP contribution in [0.4, 0.5) is 0 Å². The van der Waals surface area contributed by atoms with E-state index < -0.39 is 18.3 Å². The van der Waals surface area contributed by atoms with E-state index in [1.54, 1.807) is 18.2 Å². The number of carbonyl (C=O) groups is 2. The largest absolute Gasteiger partial charge is 0.481 e. The van der Waals surface area contributed by atoms with Crippen molar-refractivity contribution in [2.24, 2.45) is 0 Å². The SMILES string of the molecule is O=C(O)CC(=O)NCCc1cc(Cl)cc(Cl)c1. The van der Waals surface area contributed by atoms with Gasteiger partial charge in [-0.2, -0.15) is 0 Å². The Hall–Kier alpha value is -1.26. The number of hydrogen-bond acceptors (Lipinski definition) is 2. The smallest absolute Gasteiger partial charge is 0.312 e. The van der Waals surface area contributed by atoms with Crippen molar-refractivity contribution in [3.8, 4) is 0 Å². The summed E-state index contributed by atoms with van der Waals surface area (Å²) < 4.78 is 0. The first kappa shape index (κ1) is 13.8. The van der Waals surface area contributed by atoms with E-state index in [1.165, 1.54) is 0 Å². The van der Waals surface area contributed by atoms with Crippen molar-refractivity contribution >= 4 is 35.1 Å². The minimum atomic E-state index is -1.15. The highest BCUT2D eigenvalue weighted by Gasteiger charge is 2.06. The Morgan fingerprint density at radius 1 is 1.18 bits per heavy atom. The van der Waals surface area contributed by atoms with Crippen LogP contribution in [0.1, 0.15) is 12.0 Å². The van der Waals surface area contributed by atoms with Crippen molar-refractivity contribution in [1.82, 2.24) is 5.32 Å². The molecule has 0 unspecified atom stereocenters. The predicted octanol–water partition coefficient (Wildman–Crippen LogP) is 2.13. The van der Waals surface area contributed by atoms with Crippen molar-refractivity contribution in [2.45, 2.75) is 12.8 Å². The van der Waals surface area contributed by atoms with Crippen LogP contribution in [0.15, 0.2) is 18.2 Å². The maximum absolute atomic E-state index is 11.0. The lowest BCUT2D eigenvalue weighted by atomic mass is 10.1. The van der Waals surface area contributed by atoms with Crippen LogP contribution < -0.4 is 5.32 Å². The van der Waals surface area contributed by atoms with Crippen LogP contribution >= 0.6 is 23.2 Å². The van der Waals surface area contributed by atoms with Gasteiger partial charge in [-0.1, -0.05) is 23.2 Å². The Morgan fingerprint density at radius 3 is 2.29 bits per heavy atom. The second-order valence-electron chi connectivity index (χ2n) is 3.45. The molecule has 1 amide bonds. The van der Waals surface area contributed by atoms with Gasteiger partial charge in [-0.05, 0) is 30.2 Å². The fourth-order valence-corrected chi connectivity index (χ4v) is 1.87. The molecule has 4 nitrogen and oxygen atoms in total. The number of nitrogens with one attached hydrogen (secondary N) is 1. The second-order valence-corrected chi connectivity index (χ2v) is 4.32. The molecule has 1 aromatic carbocycles. The highest BCUT2D eigenvalue weighted by molar-refractivity contribution is 6.34. The molecule has 2 N–H and O–H groups in total. The molecule has 0 saturated heterocycles. The number of carbonyl (C=O) groups excluding carboxylic acids is 1. The van der Waals surface area contributed by atoms with E-state index in [9.17, 15) is 9.59 Å². The molecule has 0 saturated carbocycles.